The molecule has 1 aromatic heterocycles. The number of nitrogens with zero attached hydrogens (tertiary/aromatic N) is 1. The molecule has 0 aliphatic heterocycles. The molecular weight excluding hydrogens is 202 g/mol. The first-order chi connectivity index (χ1) is 7.61. The highest BCUT2D eigenvalue weighted by Crippen LogP contribution is 2.15. The minimum atomic E-state index is 0.423. The molecule has 1 heterocycles. The van der Waals surface area contributed by atoms with E-state index in [0.29, 0.717) is 23.0 Å². The summed E-state index contributed by atoms with van der Waals surface area (Å²) in [5.41, 5.74) is 11.7. The van der Waals surface area contributed by atoms with Crippen molar-refractivity contribution >= 4 is 5.82 Å². The number of ether oxygens (including phenoxy) is 1. The van der Waals surface area contributed by atoms with Crippen molar-refractivity contribution in [2.45, 2.75) is 6.92 Å². The molecule has 16 heavy (non-hydrogen) atoms. The van der Waals surface area contributed by atoms with E-state index in [1.807, 2.05) is 6.92 Å². The number of nitrogen functional groups attached to an aromatic ring is 1. The third-order valence-electron chi connectivity index (χ3n) is 1.78. The van der Waals surface area contributed by atoms with Gasteiger partial charge in [-0.05, 0) is 31.2 Å². The Morgan fingerprint density at radius 1 is 1.50 bits per heavy atom. The molecule has 0 aliphatic carbocycles. The van der Waals surface area contributed by atoms with Crippen molar-refractivity contribution < 1.29 is 4.74 Å². The highest BCUT2D eigenvalue weighted by Gasteiger charge is 1.95. The third kappa shape index (κ3) is 3.88. The lowest BCUT2D eigenvalue weighted by atomic mass is 10.3. The Morgan fingerprint density at radius 2 is 2.25 bits per heavy atom. The summed E-state index contributed by atoms with van der Waals surface area (Å²) in [6.07, 6.45) is 6.63. The van der Waals surface area contributed by atoms with Crippen LogP contribution < -0.4 is 16.2 Å². The molecule has 4 N–H and O–H groups in total. The van der Waals surface area contributed by atoms with Crippen molar-refractivity contribution in [3.05, 3.63) is 54.6 Å². The lowest BCUT2D eigenvalue weighted by Gasteiger charge is -2.05. The molecular formula is C12H15N3O. The molecule has 0 bridgehead atoms. The smallest absolute Gasteiger partial charge is 0.132 e. The van der Waals surface area contributed by atoms with Gasteiger partial charge in [-0.3, -0.25) is 0 Å². The fraction of sp³-hybridized carbons (Fsp3) is 0.0833. The van der Waals surface area contributed by atoms with Gasteiger partial charge in [-0.15, -0.1) is 0 Å². The van der Waals surface area contributed by atoms with Gasteiger partial charge in [0.1, 0.15) is 17.3 Å². The van der Waals surface area contributed by atoms with Gasteiger partial charge in [0.25, 0.3) is 0 Å². The Morgan fingerprint density at radius 3 is 2.88 bits per heavy atom. The zero-order valence-corrected chi connectivity index (χ0v) is 9.18. The molecule has 0 unspecified atom stereocenters. The fourth-order valence-electron chi connectivity index (χ4n) is 0.993. The normalized spacial score (nSPS) is 12.3. The number of aromatic nitrogens is 1. The van der Waals surface area contributed by atoms with E-state index in [9.17, 15) is 0 Å². The highest BCUT2D eigenvalue weighted by atomic mass is 16.5. The molecule has 4 nitrogen and oxygen atoms in total. The zero-order chi connectivity index (χ0) is 12.0. The number of nitrogens with two attached hydrogens (primary N) is 2. The quantitative estimate of drug-likeness (QED) is 0.597. The van der Waals surface area contributed by atoms with Crippen molar-refractivity contribution in [1.29, 1.82) is 0 Å². The standard InChI is InChI=1S/C12H15N3O/c1-3-10(13)5-4-9(2)16-11-6-7-15-12(14)8-11/h3-8H,1,13H2,2H3,(H2,14,15)/b9-4+,10-5+. The average molecular weight is 217 g/mol. The van der Waals surface area contributed by atoms with E-state index in [1.165, 1.54) is 0 Å². The van der Waals surface area contributed by atoms with Gasteiger partial charge in [0.15, 0.2) is 0 Å². The van der Waals surface area contributed by atoms with Crippen molar-refractivity contribution in [3.63, 3.8) is 0 Å². The van der Waals surface area contributed by atoms with Crippen LogP contribution in [0.2, 0.25) is 0 Å². The average Bonchev–Trinajstić information content (AvgIpc) is 2.26. The molecule has 84 valence electrons. The van der Waals surface area contributed by atoms with E-state index in [1.54, 1.807) is 36.6 Å². The summed E-state index contributed by atoms with van der Waals surface area (Å²) in [7, 11) is 0. The lowest BCUT2D eigenvalue weighted by Crippen LogP contribution is -1.95. The number of allylic oxidation sites excluding steroid dienone is 4. The molecule has 0 saturated heterocycles. The Labute approximate surface area is 94.9 Å². The van der Waals surface area contributed by atoms with Crippen LogP contribution in [0.3, 0.4) is 0 Å². The Hall–Kier alpha value is -2.23. The number of hydrogen-bond acceptors (Lipinski definition) is 4. The summed E-state index contributed by atoms with van der Waals surface area (Å²) in [6.45, 7) is 5.37. The molecule has 0 fully saturated rings. The zero-order valence-electron chi connectivity index (χ0n) is 9.18. The van der Waals surface area contributed by atoms with Gasteiger partial charge in [0.2, 0.25) is 0 Å². The largest absolute Gasteiger partial charge is 0.462 e. The highest BCUT2D eigenvalue weighted by molar-refractivity contribution is 5.36. The maximum absolute atomic E-state index is 5.55. The van der Waals surface area contributed by atoms with Crippen molar-refractivity contribution in [2.24, 2.45) is 5.73 Å². The van der Waals surface area contributed by atoms with Crippen molar-refractivity contribution in [1.82, 2.24) is 4.98 Å². The van der Waals surface area contributed by atoms with E-state index >= 15 is 0 Å². The van der Waals surface area contributed by atoms with Crippen LogP contribution in [-0.2, 0) is 0 Å². The fourth-order valence-corrected chi connectivity index (χ4v) is 0.993. The minimum absolute atomic E-state index is 0.423. The summed E-state index contributed by atoms with van der Waals surface area (Å²) in [6, 6.07) is 3.38. The Kier molecular flexibility index (Phi) is 4.15. The molecule has 0 spiro atoms. The van der Waals surface area contributed by atoms with Gasteiger partial charge in [-0.1, -0.05) is 6.58 Å². The van der Waals surface area contributed by atoms with Gasteiger partial charge in [0.05, 0.1) is 0 Å². The van der Waals surface area contributed by atoms with Gasteiger partial charge in [-0.25, -0.2) is 4.98 Å². The van der Waals surface area contributed by atoms with E-state index in [4.69, 9.17) is 16.2 Å². The van der Waals surface area contributed by atoms with E-state index in [2.05, 4.69) is 11.6 Å². The van der Waals surface area contributed by atoms with Crippen LogP contribution in [-0.4, -0.2) is 4.98 Å². The monoisotopic (exact) mass is 217 g/mol. The summed E-state index contributed by atoms with van der Waals surface area (Å²) >= 11 is 0. The Balaban J connectivity index is 2.71. The van der Waals surface area contributed by atoms with Crippen molar-refractivity contribution in [3.8, 4) is 5.75 Å². The summed E-state index contributed by atoms with van der Waals surface area (Å²) < 4.78 is 5.50. The second kappa shape index (κ2) is 5.60. The molecule has 0 amide bonds. The van der Waals surface area contributed by atoms with Gasteiger partial charge in [-0.2, -0.15) is 0 Å². The van der Waals surface area contributed by atoms with E-state index < -0.39 is 0 Å². The van der Waals surface area contributed by atoms with Crippen LogP contribution in [0.1, 0.15) is 6.92 Å². The van der Waals surface area contributed by atoms with Crippen molar-refractivity contribution in [2.75, 3.05) is 5.73 Å². The number of pyridine rings is 1. The maximum Gasteiger partial charge on any atom is 0.132 e. The van der Waals surface area contributed by atoms with Crippen LogP contribution >= 0.6 is 0 Å². The molecule has 0 atom stereocenters. The molecule has 1 aromatic rings. The summed E-state index contributed by atoms with van der Waals surface area (Å²) in [4.78, 5) is 3.87. The summed E-state index contributed by atoms with van der Waals surface area (Å²) in [5, 5.41) is 0. The molecule has 0 saturated carbocycles. The van der Waals surface area contributed by atoms with Crippen LogP contribution in [0.4, 0.5) is 5.82 Å². The topological polar surface area (TPSA) is 74.2 Å². The van der Waals surface area contributed by atoms with E-state index in [-0.39, 0.29) is 0 Å². The van der Waals surface area contributed by atoms with Gasteiger partial charge >= 0.3 is 0 Å². The van der Waals surface area contributed by atoms with Gasteiger partial charge < -0.3 is 16.2 Å². The predicted molar refractivity (Wildman–Crippen MR) is 65.5 cm³/mol. The SMILES string of the molecule is C=C/C(N)=C\C=C(/C)Oc1ccnc(N)c1. The Bertz CT molecular complexity index is 436. The van der Waals surface area contributed by atoms with Gasteiger partial charge in [0, 0.05) is 18.0 Å². The third-order valence-corrected chi connectivity index (χ3v) is 1.78. The van der Waals surface area contributed by atoms with Crippen LogP contribution in [0.25, 0.3) is 0 Å². The van der Waals surface area contributed by atoms with Crippen LogP contribution in [0.5, 0.6) is 5.75 Å². The number of anilines is 1. The first-order valence-electron chi connectivity index (χ1n) is 4.77. The second-order valence-corrected chi connectivity index (χ2v) is 3.17. The predicted octanol–water partition coefficient (Wildman–Crippen LogP) is 1.97. The lowest BCUT2D eigenvalue weighted by molar-refractivity contribution is 0.427. The maximum atomic E-state index is 5.55. The number of rotatable bonds is 4. The molecule has 4 heteroatoms. The first kappa shape index (κ1) is 11.8. The molecule has 1 rings (SSSR count). The molecule has 0 aliphatic rings. The van der Waals surface area contributed by atoms with Crippen LogP contribution in [0, 0.1) is 0 Å². The number of hydrogen-bond donors (Lipinski definition) is 2. The molecule has 0 aromatic carbocycles. The van der Waals surface area contributed by atoms with E-state index in [0.717, 1.165) is 0 Å². The van der Waals surface area contributed by atoms with Crippen LogP contribution in [0.15, 0.2) is 54.6 Å². The second-order valence-electron chi connectivity index (χ2n) is 3.17. The molecule has 0 radical (unpaired) electrons. The summed E-state index contributed by atoms with van der Waals surface area (Å²) in [5.74, 6) is 1.77. The first-order valence-corrected chi connectivity index (χ1v) is 4.77. The minimum Gasteiger partial charge on any atom is -0.462 e.